The first kappa shape index (κ1) is 11.6. The smallest absolute Gasteiger partial charge is 0.0327 e. The Kier molecular flexibility index (Phi) is 2.23. The van der Waals surface area contributed by atoms with Crippen LogP contribution in [0.3, 0.4) is 0 Å². The standard InChI is InChI=1S/C22H12/c1-2-5-15(6-3-1)19-13-11-18-10-9-16-7-4-8-17-12-14-20(19)22(18)21(16)17/h1-2,4-5,7-14H. The molecule has 22 heavy (non-hydrogen) atoms. The fraction of sp³-hybridized carbons (Fsp3) is 0. The van der Waals surface area contributed by atoms with Gasteiger partial charge in [0, 0.05) is 5.56 Å². The summed E-state index contributed by atoms with van der Waals surface area (Å²) in [6, 6.07) is 32.1. The van der Waals surface area contributed by atoms with E-state index in [1.807, 2.05) is 12.1 Å². The minimum Gasteiger partial charge on any atom is -0.0696 e. The summed E-state index contributed by atoms with van der Waals surface area (Å²) in [4.78, 5) is 0. The van der Waals surface area contributed by atoms with Gasteiger partial charge in [0.15, 0.2) is 0 Å². The maximum absolute atomic E-state index is 3.23. The number of hydrogen-bond donors (Lipinski definition) is 0. The predicted molar refractivity (Wildman–Crippen MR) is 93.3 cm³/mol. The third-order valence-corrected chi connectivity index (χ3v) is 4.47. The zero-order chi connectivity index (χ0) is 14.5. The summed E-state index contributed by atoms with van der Waals surface area (Å²) in [6.45, 7) is 0. The highest BCUT2D eigenvalue weighted by atomic mass is 14.1. The van der Waals surface area contributed by atoms with E-state index in [0.717, 1.165) is 5.56 Å². The first-order valence-corrected chi connectivity index (χ1v) is 7.47. The van der Waals surface area contributed by atoms with Crippen LogP contribution < -0.4 is 0 Å². The number of rotatable bonds is 1. The topological polar surface area (TPSA) is 0 Å². The van der Waals surface area contributed by atoms with Gasteiger partial charge < -0.3 is 0 Å². The van der Waals surface area contributed by atoms with Crippen molar-refractivity contribution in [3.8, 4) is 11.1 Å². The lowest BCUT2D eigenvalue weighted by Gasteiger charge is -2.13. The van der Waals surface area contributed by atoms with Crippen LogP contribution in [0.5, 0.6) is 0 Å². The van der Waals surface area contributed by atoms with E-state index in [1.54, 1.807) is 0 Å². The molecule has 0 N–H and O–H groups in total. The molecule has 0 nitrogen and oxygen atoms in total. The molecule has 0 aromatic heterocycles. The van der Waals surface area contributed by atoms with Crippen LogP contribution >= 0.6 is 0 Å². The lowest BCUT2D eigenvalue weighted by molar-refractivity contribution is 1.69. The predicted octanol–water partition coefficient (Wildman–Crippen LogP) is 5.85. The van der Waals surface area contributed by atoms with E-state index in [0.29, 0.717) is 0 Å². The Morgan fingerprint density at radius 2 is 1.32 bits per heavy atom. The van der Waals surface area contributed by atoms with Crippen molar-refractivity contribution in [2.24, 2.45) is 0 Å². The molecule has 5 rings (SSSR count). The van der Waals surface area contributed by atoms with Crippen molar-refractivity contribution in [2.45, 2.75) is 0 Å². The molecule has 0 saturated heterocycles. The summed E-state index contributed by atoms with van der Waals surface area (Å²) in [6.07, 6.45) is 0. The second-order valence-electron chi connectivity index (χ2n) is 5.68. The monoisotopic (exact) mass is 276 g/mol. The van der Waals surface area contributed by atoms with Crippen LogP contribution in [0.25, 0.3) is 43.4 Å². The van der Waals surface area contributed by atoms with E-state index in [2.05, 4.69) is 72.8 Å². The molecule has 0 bridgehead atoms. The normalized spacial score (nSPS) is 11.3. The van der Waals surface area contributed by atoms with Crippen molar-refractivity contribution in [2.75, 3.05) is 0 Å². The van der Waals surface area contributed by atoms with Crippen LogP contribution in [0.1, 0.15) is 0 Å². The van der Waals surface area contributed by atoms with Crippen LogP contribution in [0.15, 0.2) is 72.8 Å². The van der Waals surface area contributed by atoms with Crippen molar-refractivity contribution in [1.82, 2.24) is 0 Å². The van der Waals surface area contributed by atoms with Crippen molar-refractivity contribution < 1.29 is 0 Å². The maximum atomic E-state index is 3.23. The Morgan fingerprint density at radius 3 is 2.09 bits per heavy atom. The molecule has 0 atom stereocenters. The molecule has 0 aliphatic heterocycles. The summed E-state index contributed by atoms with van der Waals surface area (Å²) in [5.41, 5.74) is 2.32. The van der Waals surface area contributed by atoms with Crippen molar-refractivity contribution in [3.63, 3.8) is 0 Å². The minimum absolute atomic E-state index is 1.10. The van der Waals surface area contributed by atoms with Crippen molar-refractivity contribution >= 4 is 32.3 Å². The van der Waals surface area contributed by atoms with E-state index in [1.165, 1.54) is 37.9 Å². The Morgan fingerprint density at radius 1 is 0.591 bits per heavy atom. The fourth-order valence-corrected chi connectivity index (χ4v) is 3.48. The largest absolute Gasteiger partial charge is 0.0696 e. The molecule has 0 fully saturated rings. The summed E-state index contributed by atoms with van der Waals surface area (Å²) < 4.78 is 0. The van der Waals surface area contributed by atoms with Crippen LogP contribution in [-0.4, -0.2) is 0 Å². The molecule has 0 heteroatoms. The van der Waals surface area contributed by atoms with E-state index < -0.39 is 0 Å². The van der Waals surface area contributed by atoms with Crippen molar-refractivity contribution in [3.05, 3.63) is 84.9 Å². The molecule has 0 unspecified atom stereocenters. The molecule has 0 spiro atoms. The Balaban J connectivity index is 2.02. The zero-order valence-electron chi connectivity index (χ0n) is 11.9. The van der Waals surface area contributed by atoms with Gasteiger partial charge in [0.05, 0.1) is 0 Å². The van der Waals surface area contributed by atoms with Gasteiger partial charge in [-0.25, -0.2) is 0 Å². The van der Waals surface area contributed by atoms with Gasteiger partial charge in [0.1, 0.15) is 0 Å². The molecule has 100 valence electrons. The average molecular weight is 276 g/mol. The number of benzene rings is 4. The molecule has 0 heterocycles. The van der Waals surface area contributed by atoms with Gasteiger partial charge in [-0.05, 0) is 50.0 Å². The highest BCUT2D eigenvalue weighted by molar-refractivity contribution is 6.25. The van der Waals surface area contributed by atoms with Gasteiger partial charge in [-0.15, -0.1) is 0 Å². The lowest BCUT2D eigenvalue weighted by Crippen LogP contribution is -1.86. The van der Waals surface area contributed by atoms with Gasteiger partial charge in [-0.2, -0.15) is 0 Å². The van der Waals surface area contributed by atoms with Gasteiger partial charge in [-0.3, -0.25) is 0 Å². The SMILES string of the molecule is c1cccc(-c2ccc3ccc4cccc5ccc2c3c45)c#1. The third kappa shape index (κ3) is 1.48. The first-order chi connectivity index (χ1) is 10.9. The fourth-order valence-electron chi connectivity index (χ4n) is 3.48. The Bertz CT molecular complexity index is 1090. The molecule has 5 aromatic rings. The lowest BCUT2D eigenvalue weighted by atomic mass is 9.90. The minimum atomic E-state index is 1.10. The summed E-state index contributed by atoms with van der Waals surface area (Å²) in [5.74, 6) is 0. The van der Waals surface area contributed by atoms with Gasteiger partial charge in [-0.1, -0.05) is 72.8 Å². The second-order valence-corrected chi connectivity index (χ2v) is 5.68. The van der Waals surface area contributed by atoms with Crippen LogP contribution in [0.4, 0.5) is 0 Å². The molecular weight excluding hydrogens is 264 g/mol. The molecule has 0 amide bonds. The summed E-state index contributed by atoms with van der Waals surface area (Å²) in [7, 11) is 0. The molecule has 0 saturated carbocycles. The average Bonchev–Trinajstić information content (AvgIpc) is 2.60. The van der Waals surface area contributed by atoms with Crippen LogP contribution in [-0.2, 0) is 0 Å². The Hall–Kier alpha value is -3.04. The van der Waals surface area contributed by atoms with Gasteiger partial charge in [0.2, 0.25) is 0 Å². The first-order valence-electron chi connectivity index (χ1n) is 7.47. The summed E-state index contributed by atoms with van der Waals surface area (Å²) >= 11 is 0. The number of hydrogen-bond acceptors (Lipinski definition) is 0. The Labute approximate surface area is 129 Å². The second kappa shape index (κ2) is 4.23. The maximum Gasteiger partial charge on any atom is 0.0327 e. The van der Waals surface area contributed by atoms with Crippen LogP contribution in [0.2, 0.25) is 0 Å². The van der Waals surface area contributed by atoms with E-state index in [-0.39, 0.29) is 0 Å². The van der Waals surface area contributed by atoms with Gasteiger partial charge >= 0.3 is 0 Å². The summed E-state index contributed by atoms with van der Waals surface area (Å²) in [5, 5.41) is 7.90. The van der Waals surface area contributed by atoms with E-state index in [4.69, 9.17) is 0 Å². The van der Waals surface area contributed by atoms with Crippen LogP contribution in [0, 0.1) is 12.1 Å². The van der Waals surface area contributed by atoms with Gasteiger partial charge in [0.25, 0.3) is 0 Å². The third-order valence-electron chi connectivity index (χ3n) is 4.47. The molecule has 0 aliphatic rings. The molecule has 0 radical (unpaired) electrons. The van der Waals surface area contributed by atoms with E-state index in [9.17, 15) is 0 Å². The molecule has 0 aliphatic carbocycles. The quantitative estimate of drug-likeness (QED) is 0.337. The zero-order valence-corrected chi connectivity index (χ0v) is 11.9. The van der Waals surface area contributed by atoms with E-state index >= 15 is 0 Å². The molecular formula is C22H12. The highest BCUT2D eigenvalue weighted by Gasteiger charge is 2.11. The van der Waals surface area contributed by atoms with Crippen molar-refractivity contribution in [1.29, 1.82) is 0 Å². The molecule has 5 aromatic carbocycles. The highest BCUT2D eigenvalue weighted by Crippen LogP contribution is 2.38.